The Balaban J connectivity index is 1.83. The van der Waals surface area contributed by atoms with Gasteiger partial charge in [-0.05, 0) is 24.3 Å². The monoisotopic (exact) mass is 274 g/mol. The molecule has 1 aromatic carbocycles. The van der Waals surface area contributed by atoms with E-state index in [9.17, 15) is 9.59 Å². The summed E-state index contributed by atoms with van der Waals surface area (Å²) < 4.78 is 5.27. The summed E-state index contributed by atoms with van der Waals surface area (Å²) in [7, 11) is 0. The molecule has 1 aliphatic carbocycles. The summed E-state index contributed by atoms with van der Waals surface area (Å²) in [6, 6.07) is 9.55. The molecule has 2 rings (SSSR count). The van der Waals surface area contributed by atoms with Crippen molar-refractivity contribution in [2.24, 2.45) is 11.8 Å². The normalized spacial score (nSPS) is 22.6. The molecular weight excluding hydrogens is 252 g/mol. The van der Waals surface area contributed by atoms with E-state index in [1.807, 2.05) is 30.3 Å². The minimum atomic E-state index is -0.535. The first-order chi connectivity index (χ1) is 9.70. The summed E-state index contributed by atoms with van der Waals surface area (Å²) in [6.07, 6.45) is 4.33. The molecule has 0 radical (unpaired) electrons. The maximum absolute atomic E-state index is 12.0. The van der Waals surface area contributed by atoms with Crippen molar-refractivity contribution in [3.05, 3.63) is 35.9 Å². The Labute approximate surface area is 120 Å². The quantitative estimate of drug-likeness (QED) is 0.609. The highest BCUT2D eigenvalue weighted by molar-refractivity contribution is 5.99. The number of carbonyl (C=O) groups is 2. The fraction of sp³-hybridized carbons (Fsp3) is 0.529. The zero-order valence-corrected chi connectivity index (χ0v) is 12.0. The Kier molecular flexibility index (Phi) is 5.33. The van der Waals surface area contributed by atoms with Crippen LogP contribution in [0.4, 0.5) is 0 Å². The van der Waals surface area contributed by atoms with Crippen LogP contribution in [0.2, 0.25) is 0 Å². The lowest BCUT2D eigenvalue weighted by Gasteiger charge is -2.25. The predicted octanol–water partition coefficient (Wildman–Crippen LogP) is 3.52. The molecule has 0 aliphatic heterocycles. The van der Waals surface area contributed by atoms with Crippen LogP contribution < -0.4 is 0 Å². The highest BCUT2D eigenvalue weighted by Gasteiger charge is 2.34. The highest BCUT2D eigenvalue weighted by atomic mass is 16.5. The zero-order valence-electron chi connectivity index (χ0n) is 12.0. The lowest BCUT2D eigenvalue weighted by Crippen LogP contribution is -2.32. The minimum absolute atomic E-state index is 0.0627. The van der Waals surface area contributed by atoms with Crippen molar-refractivity contribution in [1.82, 2.24) is 0 Å². The van der Waals surface area contributed by atoms with Crippen LogP contribution in [0.1, 0.15) is 44.6 Å². The number of Topliss-reactive ketones (excluding diaryl/α,β-unsaturated/α-hetero) is 1. The molecule has 1 fully saturated rings. The lowest BCUT2D eigenvalue weighted by atomic mass is 9.79. The second-order valence-corrected chi connectivity index (χ2v) is 5.55. The third-order valence-corrected chi connectivity index (χ3v) is 3.95. The van der Waals surface area contributed by atoms with Crippen LogP contribution in [0.5, 0.6) is 0 Å². The number of hydrogen-bond donors (Lipinski definition) is 0. The molecule has 1 aromatic rings. The Hall–Kier alpha value is -1.64. The van der Waals surface area contributed by atoms with Gasteiger partial charge in [0, 0.05) is 6.42 Å². The van der Waals surface area contributed by atoms with E-state index in [1.165, 1.54) is 0 Å². The van der Waals surface area contributed by atoms with Crippen molar-refractivity contribution in [3.63, 3.8) is 0 Å². The van der Waals surface area contributed by atoms with Gasteiger partial charge in [-0.2, -0.15) is 0 Å². The molecule has 2 unspecified atom stereocenters. The van der Waals surface area contributed by atoms with Crippen molar-refractivity contribution < 1.29 is 14.3 Å². The number of ether oxygens (including phenoxy) is 1. The first kappa shape index (κ1) is 14.8. The molecule has 1 saturated carbocycles. The Morgan fingerprint density at radius 3 is 2.65 bits per heavy atom. The third-order valence-electron chi connectivity index (χ3n) is 3.95. The predicted molar refractivity (Wildman–Crippen MR) is 77.0 cm³/mol. The van der Waals surface area contributed by atoms with Gasteiger partial charge >= 0.3 is 5.97 Å². The summed E-state index contributed by atoms with van der Waals surface area (Å²) in [5, 5.41) is 0. The molecule has 0 heterocycles. The van der Waals surface area contributed by atoms with Crippen LogP contribution in [0, 0.1) is 11.8 Å². The van der Waals surface area contributed by atoms with Gasteiger partial charge in [-0.3, -0.25) is 9.59 Å². The van der Waals surface area contributed by atoms with Gasteiger partial charge in [0.05, 0.1) is 0 Å². The lowest BCUT2D eigenvalue weighted by molar-refractivity contribution is -0.155. The maximum Gasteiger partial charge on any atom is 0.316 e. The van der Waals surface area contributed by atoms with Gasteiger partial charge in [0.2, 0.25) is 0 Å². The van der Waals surface area contributed by atoms with E-state index in [0.29, 0.717) is 18.8 Å². The second-order valence-electron chi connectivity index (χ2n) is 5.55. The fourth-order valence-electron chi connectivity index (χ4n) is 2.83. The molecule has 20 heavy (non-hydrogen) atoms. The van der Waals surface area contributed by atoms with Gasteiger partial charge in [0.1, 0.15) is 18.3 Å². The Morgan fingerprint density at radius 2 is 2.00 bits per heavy atom. The van der Waals surface area contributed by atoms with E-state index in [4.69, 9.17) is 4.74 Å². The first-order valence-electron chi connectivity index (χ1n) is 7.44. The minimum Gasteiger partial charge on any atom is -0.460 e. The average molecular weight is 274 g/mol. The molecule has 3 heteroatoms. The number of esters is 1. The van der Waals surface area contributed by atoms with Crippen LogP contribution in [0.25, 0.3) is 0 Å². The second kappa shape index (κ2) is 7.22. The fourth-order valence-corrected chi connectivity index (χ4v) is 2.83. The standard InChI is InChI=1S/C17H22O3/c1-2-6-13-9-10-15(16(18)11-13)17(19)20-12-14-7-4-3-5-8-14/h3-5,7-8,13,15H,2,6,9-12H2,1H3. The van der Waals surface area contributed by atoms with E-state index < -0.39 is 5.92 Å². The largest absolute Gasteiger partial charge is 0.460 e. The summed E-state index contributed by atoms with van der Waals surface area (Å²) in [4.78, 5) is 24.0. The Morgan fingerprint density at radius 1 is 1.25 bits per heavy atom. The summed E-state index contributed by atoms with van der Waals surface area (Å²) in [5.41, 5.74) is 0.952. The zero-order chi connectivity index (χ0) is 14.4. The van der Waals surface area contributed by atoms with Crippen LogP contribution in [-0.4, -0.2) is 11.8 Å². The van der Waals surface area contributed by atoms with Gasteiger partial charge in [0.15, 0.2) is 0 Å². The van der Waals surface area contributed by atoms with Crippen molar-refractivity contribution in [2.75, 3.05) is 0 Å². The smallest absolute Gasteiger partial charge is 0.316 e. The number of carbonyl (C=O) groups excluding carboxylic acids is 2. The number of rotatable bonds is 5. The van der Waals surface area contributed by atoms with E-state index in [-0.39, 0.29) is 18.4 Å². The van der Waals surface area contributed by atoms with Gasteiger partial charge in [-0.15, -0.1) is 0 Å². The van der Waals surface area contributed by atoms with Crippen LogP contribution in [0.3, 0.4) is 0 Å². The molecule has 0 bridgehead atoms. The highest BCUT2D eigenvalue weighted by Crippen LogP contribution is 2.29. The summed E-state index contributed by atoms with van der Waals surface area (Å²) in [5.74, 6) is -0.362. The van der Waals surface area contributed by atoms with Crippen molar-refractivity contribution in [3.8, 4) is 0 Å². The summed E-state index contributed by atoms with van der Waals surface area (Å²) in [6.45, 7) is 2.38. The maximum atomic E-state index is 12.0. The molecule has 108 valence electrons. The number of ketones is 1. The summed E-state index contributed by atoms with van der Waals surface area (Å²) >= 11 is 0. The molecule has 0 N–H and O–H groups in total. The molecule has 1 aliphatic rings. The van der Waals surface area contributed by atoms with Crippen LogP contribution in [0.15, 0.2) is 30.3 Å². The van der Waals surface area contributed by atoms with Crippen molar-refractivity contribution in [2.45, 2.75) is 45.6 Å². The van der Waals surface area contributed by atoms with Gasteiger partial charge in [0.25, 0.3) is 0 Å². The molecule has 0 saturated heterocycles. The molecule has 0 spiro atoms. The topological polar surface area (TPSA) is 43.4 Å². The van der Waals surface area contributed by atoms with Gasteiger partial charge < -0.3 is 4.74 Å². The van der Waals surface area contributed by atoms with Gasteiger partial charge in [-0.25, -0.2) is 0 Å². The van der Waals surface area contributed by atoms with Crippen molar-refractivity contribution in [1.29, 1.82) is 0 Å². The van der Waals surface area contributed by atoms with Crippen LogP contribution >= 0.6 is 0 Å². The Bertz CT molecular complexity index is 453. The van der Waals surface area contributed by atoms with Crippen molar-refractivity contribution >= 4 is 11.8 Å². The molecular formula is C17H22O3. The van der Waals surface area contributed by atoms with E-state index in [2.05, 4.69) is 6.92 Å². The molecule has 0 aromatic heterocycles. The average Bonchev–Trinajstić information content (AvgIpc) is 2.46. The van der Waals surface area contributed by atoms with E-state index in [0.717, 1.165) is 24.8 Å². The molecule has 0 amide bonds. The molecule has 2 atom stereocenters. The SMILES string of the molecule is CCCC1CCC(C(=O)OCc2ccccc2)C(=O)C1. The first-order valence-corrected chi connectivity index (χ1v) is 7.44. The van der Waals surface area contributed by atoms with E-state index in [1.54, 1.807) is 0 Å². The molecule has 3 nitrogen and oxygen atoms in total. The third kappa shape index (κ3) is 3.92. The van der Waals surface area contributed by atoms with Crippen LogP contribution in [-0.2, 0) is 20.9 Å². The van der Waals surface area contributed by atoms with Gasteiger partial charge in [-0.1, -0.05) is 50.1 Å². The number of benzene rings is 1. The van der Waals surface area contributed by atoms with E-state index >= 15 is 0 Å². The number of hydrogen-bond acceptors (Lipinski definition) is 3.